The van der Waals surface area contributed by atoms with Gasteiger partial charge in [-0.3, -0.25) is 5.32 Å². The first kappa shape index (κ1) is 3.08. The average Bonchev–Trinajstić information content (AvgIpc) is 1.76. The van der Waals surface area contributed by atoms with E-state index in [-0.39, 0.29) is 0 Å². The second-order valence-electron chi connectivity index (χ2n) is 0.680. The molecule has 0 aliphatic carbocycles. The molecule has 0 saturated carbocycles. The normalized spacial score (nSPS) is 24.0. The highest BCUT2D eigenvalue weighted by Crippen LogP contribution is 1.84. The maximum atomic E-state index is 4.28. The van der Waals surface area contributed by atoms with Crippen molar-refractivity contribution in [1.82, 2.24) is 5.32 Å². The SMILES string of the molecule is [CH]1NCOO1. The molecule has 0 aromatic rings. The fraction of sp³-hybridized carbons (Fsp3) is 0.500. The summed E-state index contributed by atoms with van der Waals surface area (Å²) in [6.45, 7) is 1.86. The van der Waals surface area contributed by atoms with Crippen molar-refractivity contribution in [2.24, 2.45) is 0 Å². The van der Waals surface area contributed by atoms with Crippen LogP contribution < -0.4 is 5.32 Å². The second-order valence-corrected chi connectivity index (χ2v) is 0.680. The maximum absolute atomic E-state index is 4.28. The van der Waals surface area contributed by atoms with Crippen LogP contribution in [0.1, 0.15) is 0 Å². The molecule has 1 saturated heterocycles. The van der Waals surface area contributed by atoms with E-state index >= 15 is 0 Å². The largest absolute Gasteiger partial charge is 0.260 e. The molecule has 1 rings (SSSR count). The van der Waals surface area contributed by atoms with Crippen molar-refractivity contribution in [2.45, 2.75) is 0 Å². The summed E-state index contributed by atoms with van der Waals surface area (Å²) in [6, 6.07) is 0. The van der Waals surface area contributed by atoms with Gasteiger partial charge in [-0.2, -0.15) is 0 Å². The van der Waals surface area contributed by atoms with E-state index in [1.165, 1.54) is 6.73 Å². The van der Waals surface area contributed by atoms with Gasteiger partial charge in [-0.25, -0.2) is 9.78 Å². The average molecular weight is 74.1 g/mol. The molecule has 5 heavy (non-hydrogen) atoms. The quantitative estimate of drug-likeness (QED) is 0.397. The monoisotopic (exact) mass is 74.0 g/mol. The van der Waals surface area contributed by atoms with Crippen LogP contribution in [-0.2, 0) is 9.78 Å². The first-order valence-electron chi connectivity index (χ1n) is 1.33. The lowest BCUT2D eigenvalue weighted by atomic mass is 11.1. The van der Waals surface area contributed by atoms with Crippen LogP contribution >= 0.6 is 0 Å². The van der Waals surface area contributed by atoms with Crippen molar-refractivity contribution < 1.29 is 9.78 Å². The van der Waals surface area contributed by atoms with E-state index in [9.17, 15) is 0 Å². The molecular formula is C2H4NO2. The zero-order valence-corrected chi connectivity index (χ0v) is 2.60. The molecule has 0 aromatic heterocycles. The maximum Gasteiger partial charge on any atom is 0.188 e. The zero-order chi connectivity index (χ0) is 3.54. The summed E-state index contributed by atoms with van der Waals surface area (Å²) < 4.78 is 0. The molecule has 0 atom stereocenters. The molecule has 1 N–H and O–H groups in total. The Bertz CT molecular complexity index is 19.2. The van der Waals surface area contributed by atoms with Gasteiger partial charge in [-0.15, -0.1) is 0 Å². The van der Waals surface area contributed by atoms with E-state index in [1.54, 1.807) is 0 Å². The van der Waals surface area contributed by atoms with Crippen LogP contribution in [0.15, 0.2) is 0 Å². The summed E-state index contributed by atoms with van der Waals surface area (Å²) in [5, 5.41) is 2.65. The molecule has 1 radical (unpaired) electrons. The molecular weight excluding hydrogens is 70.0 g/mol. The molecule has 29 valence electrons. The smallest absolute Gasteiger partial charge is 0.188 e. The predicted octanol–water partition coefficient (Wildman–Crippen LogP) is -0.385. The van der Waals surface area contributed by atoms with Crippen molar-refractivity contribution in [3.63, 3.8) is 0 Å². The molecule has 1 aliphatic rings. The van der Waals surface area contributed by atoms with Crippen molar-refractivity contribution in [1.29, 1.82) is 0 Å². The number of rotatable bonds is 0. The Morgan fingerprint density at radius 3 is 3.00 bits per heavy atom. The molecule has 1 fully saturated rings. The standard InChI is InChI=1S/C2H4NO2/c1-3-2-5-4-1/h1,3H,2H2. The zero-order valence-electron chi connectivity index (χ0n) is 2.60. The number of nitrogens with one attached hydrogen (secondary N) is 1. The van der Waals surface area contributed by atoms with E-state index < -0.39 is 0 Å². The van der Waals surface area contributed by atoms with Gasteiger partial charge >= 0.3 is 0 Å². The van der Waals surface area contributed by atoms with Gasteiger partial charge in [0, 0.05) is 0 Å². The van der Waals surface area contributed by atoms with Crippen LogP contribution in [-0.4, -0.2) is 6.73 Å². The van der Waals surface area contributed by atoms with Crippen molar-refractivity contribution in [3.05, 3.63) is 6.73 Å². The van der Waals surface area contributed by atoms with Gasteiger partial charge < -0.3 is 0 Å². The lowest BCUT2D eigenvalue weighted by Gasteiger charge is -1.74. The predicted molar refractivity (Wildman–Crippen MR) is 14.5 cm³/mol. The summed E-state index contributed by atoms with van der Waals surface area (Å²) in [7, 11) is 0. The topological polar surface area (TPSA) is 30.5 Å². The highest BCUT2D eigenvalue weighted by molar-refractivity contribution is 4.39. The lowest BCUT2D eigenvalue weighted by molar-refractivity contribution is -0.227. The van der Waals surface area contributed by atoms with Gasteiger partial charge in [0.1, 0.15) is 6.73 Å². The van der Waals surface area contributed by atoms with Gasteiger partial charge in [-0.05, 0) is 0 Å². The van der Waals surface area contributed by atoms with Gasteiger partial charge in [0.2, 0.25) is 0 Å². The Labute approximate surface area is 29.8 Å². The minimum Gasteiger partial charge on any atom is -0.260 e. The Hall–Kier alpha value is -0.120. The van der Waals surface area contributed by atoms with Crippen LogP contribution in [0.4, 0.5) is 0 Å². The highest BCUT2D eigenvalue weighted by Gasteiger charge is 1.94. The van der Waals surface area contributed by atoms with Crippen LogP contribution in [0.25, 0.3) is 0 Å². The molecule has 3 heteroatoms. The Morgan fingerprint density at radius 1 is 1.80 bits per heavy atom. The van der Waals surface area contributed by atoms with Crippen molar-refractivity contribution >= 4 is 0 Å². The Kier molecular flexibility index (Phi) is 0.834. The van der Waals surface area contributed by atoms with Gasteiger partial charge in [0.15, 0.2) is 6.73 Å². The first-order chi connectivity index (χ1) is 2.50. The van der Waals surface area contributed by atoms with Crippen LogP contribution in [0, 0.1) is 6.73 Å². The fourth-order valence-electron chi connectivity index (χ4n) is 0.170. The van der Waals surface area contributed by atoms with E-state index in [0.717, 1.165) is 0 Å². The minimum absolute atomic E-state index is 0.472. The molecule has 0 aromatic carbocycles. The molecule has 1 heterocycles. The first-order valence-corrected chi connectivity index (χ1v) is 1.33. The van der Waals surface area contributed by atoms with Crippen molar-refractivity contribution in [3.8, 4) is 0 Å². The molecule has 0 unspecified atom stereocenters. The molecule has 0 amide bonds. The Balaban J connectivity index is 2.08. The number of hydrogen-bond donors (Lipinski definition) is 1. The van der Waals surface area contributed by atoms with E-state index in [4.69, 9.17) is 0 Å². The third kappa shape index (κ3) is 0.576. The summed E-state index contributed by atoms with van der Waals surface area (Å²) in [6.07, 6.45) is 0. The highest BCUT2D eigenvalue weighted by atomic mass is 17.2. The molecule has 0 spiro atoms. The minimum atomic E-state index is 0.472. The van der Waals surface area contributed by atoms with E-state index in [1.807, 2.05) is 0 Å². The third-order valence-corrected chi connectivity index (χ3v) is 0.342. The lowest BCUT2D eigenvalue weighted by Crippen LogP contribution is -1.99. The van der Waals surface area contributed by atoms with E-state index in [0.29, 0.717) is 6.73 Å². The van der Waals surface area contributed by atoms with Gasteiger partial charge in [-0.1, -0.05) is 0 Å². The van der Waals surface area contributed by atoms with E-state index in [2.05, 4.69) is 15.1 Å². The molecule has 1 aliphatic heterocycles. The van der Waals surface area contributed by atoms with Crippen molar-refractivity contribution in [2.75, 3.05) is 6.73 Å². The molecule has 0 bridgehead atoms. The molecule has 3 nitrogen and oxygen atoms in total. The summed E-state index contributed by atoms with van der Waals surface area (Å²) in [5.41, 5.74) is 0. The number of hydrogen-bond acceptors (Lipinski definition) is 3. The van der Waals surface area contributed by atoms with Crippen LogP contribution in [0.2, 0.25) is 0 Å². The van der Waals surface area contributed by atoms with Gasteiger partial charge in [0.25, 0.3) is 0 Å². The summed E-state index contributed by atoms with van der Waals surface area (Å²) >= 11 is 0. The van der Waals surface area contributed by atoms with Crippen LogP contribution in [0.3, 0.4) is 0 Å². The third-order valence-electron chi connectivity index (χ3n) is 0.342. The summed E-state index contributed by atoms with van der Waals surface area (Å²) in [5.74, 6) is 0. The second kappa shape index (κ2) is 1.35. The Morgan fingerprint density at radius 2 is 2.80 bits per heavy atom. The van der Waals surface area contributed by atoms with Crippen LogP contribution in [0.5, 0.6) is 0 Å². The summed E-state index contributed by atoms with van der Waals surface area (Å²) in [4.78, 5) is 8.49. The fourth-order valence-corrected chi connectivity index (χ4v) is 0.170. The van der Waals surface area contributed by atoms with Gasteiger partial charge in [0.05, 0.1) is 0 Å².